The topological polar surface area (TPSA) is 35.6 Å². The van der Waals surface area contributed by atoms with Crippen LogP contribution in [0.2, 0.25) is 0 Å². The van der Waals surface area contributed by atoms with E-state index < -0.39 is 0 Å². The predicted octanol–water partition coefficient (Wildman–Crippen LogP) is 0.395. The van der Waals surface area contributed by atoms with Gasteiger partial charge in [-0.1, -0.05) is 13.8 Å². The fourth-order valence-corrected chi connectivity index (χ4v) is 2.01. The van der Waals surface area contributed by atoms with Gasteiger partial charge in [-0.15, -0.1) is 0 Å². The number of carbonyl (C=O) groups excluding carboxylic acids is 1. The number of piperazine rings is 1. The molecule has 1 heterocycles. The zero-order chi connectivity index (χ0) is 12.1. The van der Waals surface area contributed by atoms with Gasteiger partial charge in [0.25, 0.3) is 0 Å². The van der Waals surface area contributed by atoms with Crippen LogP contribution in [0, 0.1) is 5.92 Å². The first-order valence-corrected chi connectivity index (χ1v) is 6.26. The van der Waals surface area contributed by atoms with Crippen molar-refractivity contribution in [2.75, 3.05) is 39.8 Å². The van der Waals surface area contributed by atoms with E-state index in [0.717, 1.165) is 32.7 Å². The van der Waals surface area contributed by atoms with Gasteiger partial charge in [0.15, 0.2) is 0 Å². The van der Waals surface area contributed by atoms with Gasteiger partial charge < -0.3 is 15.1 Å². The lowest BCUT2D eigenvalue weighted by atomic mass is 10.1. The summed E-state index contributed by atoms with van der Waals surface area (Å²) >= 11 is 0. The van der Waals surface area contributed by atoms with Gasteiger partial charge in [-0.2, -0.15) is 0 Å². The van der Waals surface area contributed by atoms with Crippen molar-refractivity contribution in [2.45, 2.75) is 26.8 Å². The lowest BCUT2D eigenvalue weighted by Gasteiger charge is -2.38. The maximum absolute atomic E-state index is 12.1. The molecule has 0 aliphatic carbocycles. The summed E-state index contributed by atoms with van der Waals surface area (Å²) in [6.45, 7) is 10.7. The molecule has 1 N–H and O–H groups in total. The van der Waals surface area contributed by atoms with Crippen LogP contribution >= 0.6 is 0 Å². The molecule has 2 atom stereocenters. The highest BCUT2D eigenvalue weighted by molar-refractivity contribution is 5.78. The molecule has 4 heteroatoms. The van der Waals surface area contributed by atoms with Gasteiger partial charge in [0.2, 0.25) is 5.91 Å². The molecule has 0 saturated carbocycles. The van der Waals surface area contributed by atoms with Crippen molar-refractivity contribution in [2.24, 2.45) is 5.92 Å². The molecule has 0 aromatic rings. The number of amides is 1. The summed E-state index contributed by atoms with van der Waals surface area (Å²) in [5.41, 5.74) is 0. The van der Waals surface area contributed by atoms with Gasteiger partial charge in [-0.3, -0.25) is 4.79 Å². The van der Waals surface area contributed by atoms with Gasteiger partial charge in [0, 0.05) is 38.1 Å². The summed E-state index contributed by atoms with van der Waals surface area (Å²) in [6, 6.07) is 0.476. The number of rotatable bonds is 4. The van der Waals surface area contributed by atoms with Crippen LogP contribution < -0.4 is 5.32 Å². The molecular weight excluding hydrogens is 202 g/mol. The Kier molecular flexibility index (Phi) is 5.22. The highest BCUT2D eigenvalue weighted by Crippen LogP contribution is 2.10. The Hall–Kier alpha value is -0.610. The molecule has 0 radical (unpaired) electrons. The Labute approximate surface area is 99.0 Å². The third-order valence-electron chi connectivity index (χ3n) is 3.39. The first-order chi connectivity index (χ1) is 7.56. The quantitative estimate of drug-likeness (QED) is 0.755. The van der Waals surface area contributed by atoms with E-state index in [1.165, 1.54) is 0 Å². The average Bonchev–Trinajstić information content (AvgIpc) is 2.28. The highest BCUT2D eigenvalue weighted by Gasteiger charge is 2.26. The molecule has 2 unspecified atom stereocenters. The van der Waals surface area contributed by atoms with Crippen LogP contribution in [0.1, 0.15) is 20.8 Å². The molecule has 1 saturated heterocycles. The van der Waals surface area contributed by atoms with Crippen LogP contribution in [0.4, 0.5) is 0 Å². The Bertz CT molecular complexity index is 232. The lowest BCUT2D eigenvalue weighted by molar-refractivity contribution is -0.137. The van der Waals surface area contributed by atoms with Crippen molar-refractivity contribution in [1.29, 1.82) is 0 Å². The molecule has 1 rings (SSSR count). The number of hydrogen-bond donors (Lipinski definition) is 1. The maximum atomic E-state index is 12.1. The number of nitrogens with one attached hydrogen (secondary N) is 1. The van der Waals surface area contributed by atoms with E-state index in [2.05, 4.69) is 31.1 Å². The van der Waals surface area contributed by atoms with Crippen molar-refractivity contribution in [3.05, 3.63) is 0 Å². The minimum absolute atomic E-state index is 0.0931. The summed E-state index contributed by atoms with van der Waals surface area (Å²) in [7, 11) is 2.12. The fourth-order valence-electron chi connectivity index (χ4n) is 2.01. The summed E-state index contributed by atoms with van der Waals surface area (Å²) in [5, 5.41) is 3.23. The number of hydrogen-bond acceptors (Lipinski definition) is 3. The van der Waals surface area contributed by atoms with Crippen LogP contribution in [0.25, 0.3) is 0 Å². The van der Waals surface area contributed by atoms with E-state index in [0.29, 0.717) is 11.9 Å². The van der Waals surface area contributed by atoms with Crippen LogP contribution in [0.5, 0.6) is 0 Å². The van der Waals surface area contributed by atoms with Crippen LogP contribution in [0.15, 0.2) is 0 Å². The standard InChI is InChI=1S/C12H25N3O/c1-5-13-8-10(2)12(16)15-7-6-14(4)11(3)9-15/h10-11,13H,5-9H2,1-4H3. The van der Waals surface area contributed by atoms with E-state index in [-0.39, 0.29) is 5.92 Å². The van der Waals surface area contributed by atoms with Crippen molar-refractivity contribution in [3.8, 4) is 0 Å². The molecule has 0 aromatic heterocycles. The van der Waals surface area contributed by atoms with E-state index in [1.807, 2.05) is 11.8 Å². The number of likely N-dealkylation sites (N-methyl/N-ethyl adjacent to an activating group) is 1. The second-order valence-electron chi connectivity index (χ2n) is 4.82. The molecule has 4 nitrogen and oxygen atoms in total. The van der Waals surface area contributed by atoms with Gasteiger partial charge >= 0.3 is 0 Å². The van der Waals surface area contributed by atoms with Crippen LogP contribution in [0.3, 0.4) is 0 Å². The minimum Gasteiger partial charge on any atom is -0.340 e. The lowest BCUT2D eigenvalue weighted by Crippen LogP contribution is -2.53. The maximum Gasteiger partial charge on any atom is 0.226 e. The van der Waals surface area contributed by atoms with Gasteiger partial charge in [-0.25, -0.2) is 0 Å². The summed E-state index contributed by atoms with van der Waals surface area (Å²) in [4.78, 5) is 16.4. The molecule has 94 valence electrons. The van der Waals surface area contributed by atoms with E-state index in [1.54, 1.807) is 0 Å². The molecular formula is C12H25N3O. The van der Waals surface area contributed by atoms with Crippen LogP contribution in [-0.2, 0) is 4.79 Å². The third kappa shape index (κ3) is 3.46. The third-order valence-corrected chi connectivity index (χ3v) is 3.39. The van der Waals surface area contributed by atoms with Gasteiger partial charge in [0.05, 0.1) is 0 Å². The summed E-state index contributed by atoms with van der Waals surface area (Å²) < 4.78 is 0. The Balaban J connectivity index is 2.42. The monoisotopic (exact) mass is 227 g/mol. The Morgan fingerprint density at radius 3 is 2.75 bits per heavy atom. The van der Waals surface area contributed by atoms with E-state index in [9.17, 15) is 4.79 Å². The minimum atomic E-state index is 0.0931. The zero-order valence-electron chi connectivity index (χ0n) is 11.0. The highest BCUT2D eigenvalue weighted by atomic mass is 16.2. The average molecular weight is 227 g/mol. The molecule has 1 aliphatic rings. The molecule has 1 amide bonds. The largest absolute Gasteiger partial charge is 0.340 e. The molecule has 1 aliphatic heterocycles. The van der Waals surface area contributed by atoms with Gasteiger partial charge in [-0.05, 0) is 20.5 Å². The Morgan fingerprint density at radius 2 is 2.19 bits per heavy atom. The molecule has 1 fully saturated rings. The van der Waals surface area contributed by atoms with Crippen LogP contribution in [-0.4, -0.2) is 61.5 Å². The first-order valence-electron chi connectivity index (χ1n) is 6.26. The fraction of sp³-hybridized carbons (Fsp3) is 0.917. The normalized spacial score (nSPS) is 24.5. The van der Waals surface area contributed by atoms with Crippen molar-refractivity contribution in [1.82, 2.24) is 15.1 Å². The van der Waals surface area contributed by atoms with Crippen molar-refractivity contribution in [3.63, 3.8) is 0 Å². The molecule has 16 heavy (non-hydrogen) atoms. The van der Waals surface area contributed by atoms with E-state index in [4.69, 9.17) is 0 Å². The predicted molar refractivity (Wildman–Crippen MR) is 66.4 cm³/mol. The summed E-state index contributed by atoms with van der Waals surface area (Å²) in [5.74, 6) is 0.386. The second-order valence-corrected chi connectivity index (χ2v) is 4.82. The second kappa shape index (κ2) is 6.21. The SMILES string of the molecule is CCNCC(C)C(=O)N1CCN(C)C(C)C1. The number of carbonyl (C=O) groups is 1. The Morgan fingerprint density at radius 1 is 1.50 bits per heavy atom. The summed E-state index contributed by atoms with van der Waals surface area (Å²) in [6.07, 6.45) is 0. The zero-order valence-corrected chi connectivity index (χ0v) is 11.0. The molecule has 0 spiro atoms. The van der Waals surface area contributed by atoms with Crippen molar-refractivity contribution >= 4 is 5.91 Å². The van der Waals surface area contributed by atoms with E-state index >= 15 is 0 Å². The molecule has 0 aromatic carbocycles. The van der Waals surface area contributed by atoms with Gasteiger partial charge in [0.1, 0.15) is 0 Å². The van der Waals surface area contributed by atoms with Crippen molar-refractivity contribution < 1.29 is 4.79 Å². The first kappa shape index (κ1) is 13.5. The molecule has 0 bridgehead atoms. The smallest absolute Gasteiger partial charge is 0.226 e. The number of nitrogens with zero attached hydrogens (tertiary/aromatic N) is 2.